The quantitative estimate of drug-likeness (QED) is 0.144. The molecule has 4 unspecified atom stereocenters. The van der Waals surface area contributed by atoms with E-state index >= 15 is 0 Å². The van der Waals surface area contributed by atoms with Gasteiger partial charge in [-0.05, 0) is 92.4 Å². The highest BCUT2D eigenvalue weighted by Gasteiger charge is 2.34. The molecule has 3 aliphatic rings. The van der Waals surface area contributed by atoms with Crippen molar-refractivity contribution in [3.05, 3.63) is 145 Å². The highest BCUT2D eigenvalue weighted by Crippen LogP contribution is 2.36. The van der Waals surface area contributed by atoms with E-state index in [0.29, 0.717) is 57.1 Å². The fourth-order valence-corrected chi connectivity index (χ4v) is 8.07. The van der Waals surface area contributed by atoms with E-state index in [1.807, 2.05) is 94.7 Å². The second-order valence-electron chi connectivity index (χ2n) is 16.5. The molecular weight excluding hydrogens is 773 g/mol. The van der Waals surface area contributed by atoms with Crippen molar-refractivity contribution >= 4 is 23.2 Å². The minimum Gasteiger partial charge on any atom is -0.477 e. The lowest BCUT2D eigenvalue weighted by atomic mass is 9.99. The molecule has 4 atom stereocenters. The van der Waals surface area contributed by atoms with Crippen molar-refractivity contribution in [2.24, 2.45) is 0 Å². The normalized spacial score (nSPS) is 19.9. The molecule has 9 rings (SSSR count). The predicted molar refractivity (Wildman–Crippen MR) is 230 cm³/mol. The van der Waals surface area contributed by atoms with Gasteiger partial charge in [0.15, 0.2) is 12.2 Å². The number of para-hydroxylation sites is 4. The number of carbonyl (C=O) groups is 2. The summed E-state index contributed by atoms with van der Waals surface area (Å²) in [6.45, 7) is 5.93. The summed E-state index contributed by atoms with van der Waals surface area (Å²) in [6, 6.07) is 33.9. The van der Waals surface area contributed by atoms with Crippen molar-refractivity contribution in [1.82, 2.24) is 30.2 Å². The second kappa shape index (κ2) is 17.1. The van der Waals surface area contributed by atoms with Crippen molar-refractivity contribution in [2.45, 2.75) is 69.7 Å². The first-order valence-electron chi connectivity index (χ1n) is 20.8. The molecule has 0 bridgehead atoms. The molecule has 0 saturated carbocycles. The molecule has 3 N–H and O–H groups in total. The van der Waals surface area contributed by atoms with Gasteiger partial charge in [0.25, 0.3) is 11.8 Å². The average molecular weight is 823 g/mol. The van der Waals surface area contributed by atoms with Gasteiger partial charge in [-0.15, -0.1) is 0 Å². The Bertz CT molecular complexity index is 2450. The van der Waals surface area contributed by atoms with E-state index in [9.17, 15) is 14.7 Å². The molecule has 14 nitrogen and oxygen atoms in total. The highest BCUT2D eigenvalue weighted by atomic mass is 16.5. The summed E-state index contributed by atoms with van der Waals surface area (Å²) in [5.74, 6) is 0.930. The first-order valence-corrected chi connectivity index (χ1v) is 20.8. The molecule has 5 heterocycles. The van der Waals surface area contributed by atoms with E-state index in [2.05, 4.69) is 67.0 Å². The van der Waals surface area contributed by atoms with Gasteiger partial charge in [-0.2, -0.15) is 10.2 Å². The molecule has 3 aliphatic heterocycles. The van der Waals surface area contributed by atoms with Crippen LogP contribution in [0.25, 0.3) is 11.4 Å². The number of amides is 2. The fourth-order valence-electron chi connectivity index (χ4n) is 8.07. The molecule has 14 heteroatoms. The number of anilines is 2. The number of aliphatic hydroxyl groups is 1. The molecule has 1 fully saturated rings. The smallest absolute Gasteiger partial charge is 0.263 e. The maximum atomic E-state index is 13.8. The van der Waals surface area contributed by atoms with E-state index < -0.39 is 17.8 Å². The SMILES string of the molecule is CC(C)(O)CNC(=O)C1CN(Cc2ccc(-n3cc(C4CC(NC(=O)C5CN(Cc6ccc(-n7cccn7)cc6)c6ccccc6O5)CCO4)cn3)cc2)c2ccccc2O1. The third-order valence-corrected chi connectivity index (χ3v) is 11.3. The Labute approximate surface area is 354 Å². The average Bonchev–Trinajstić information content (AvgIpc) is 4.00. The number of rotatable bonds is 12. The molecule has 0 radical (unpaired) electrons. The van der Waals surface area contributed by atoms with Crippen LogP contribution in [-0.4, -0.2) is 86.6 Å². The Morgan fingerprint density at radius 1 is 0.754 bits per heavy atom. The van der Waals surface area contributed by atoms with Crippen molar-refractivity contribution in [3.8, 4) is 22.9 Å². The monoisotopic (exact) mass is 822 g/mol. The third kappa shape index (κ3) is 9.25. The minimum absolute atomic E-state index is 0.0875. The lowest BCUT2D eigenvalue weighted by Gasteiger charge is -2.37. The van der Waals surface area contributed by atoms with Gasteiger partial charge in [-0.3, -0.25) is 9.59 Å². The van der Waals surface area contributed by atoms with Crippen LogP contribution in [0.3, 0.4) is 0 Å². The lowest BCUT2D eigenvalue weighted by molar-refractivity contribution is -0.130. The largest absolute Gasteiger partial charge is 0.477 e. The maximum absolute atomic E-state index is 13.8. The van der Waals surface area contributed by atoms with E-state index in [4.69, 9.17) is 14.2 Å². The summed E-state index contributed by atoms with van der Waals surface area (Å²) in [4.78, 5) is 31.2. The number of carbonyl (C=O) groups excluding carboxylic acids is 2. The van der Waals surface area contributed by atoms with Crippen molar-refractivity contribution < 1.29 is 28.9 Å². The van der Waals surface area contributed by atoms with Gasteiger partial charge in [0.05, 0.1) is 53.7 Å². The summed E-state index contributed by atoms with van der Waals surface area (Å²) in [6.07, 6.45) is 7.20. The molecule has 1 saturated heterocycles. The molecule has 61 heavy (non-hydrogen) atoms. The molecule has 314 valence electrons. The predicted octanol–water partition coefficient (Wildman–Crippen LogP) is 5.52. The van der Waals surface area contributed by atoms with Crippen LogP contribution in [0.4, 0.5) is 11.4 Å². The number of fused-ring (bicyclic) bond motifs is 2. The van der Waals surface area contributed by atoms with Crippen LogP contribution in [0.5, 0.6) is 11.5 Å². The Morgan fingerprint density at radius 2 is 1.34 bits per heavy atom. The standard InChI is InChI=1S/C47H50N8O6/c1-47(2,58)31-48-45(56)43-29-52(38-8-3-5-10-40(38)60-43)26-33-14-18-37(19-15-33)55-28-34(25-50-55)42-24-35(20-23-59-42)51-46(57)44-30-53(39-9-4-6-11-41(39)61-44)27-32-12-16-36(17-13-32)54-22-7-21-49-54/h3-19,21-22,25,28,35,42-44,58H,20,23-24,26-27,29-31H2,1-2H3,(H,48,56)(H,51,57). The van der Waals surface area contributed by atoms with Gasteiger partial charge in [0, 0.05) is 56.4 Å². The molecule has 6 aromatic rings. The summed E-state index contributed by atoms with van der Waals surface area (Å²) in [7, 11) is 0. The first kappa shape index (κ1) is 39.8. The van der Waals surface area contributed by atoms with Crippen molar-refractivity contribution in [1.29, 1.82) is 0 Å². The molecule has 2 aromatic heterocycles. The summed E-state index contributed by atoms with van der Waals surface area (Å²) < 4.78 is 22.2. The van der Waals surface area contributed by atoms with Crippen LogP contribution in [-0.2, 0) is 27.4 Å². The van der Waals surface area contributed by atoms with Gasteiger partial charge in [-0.25, -0.2) is 9.36 Å². The zero-order chi connectivity index (χ0) is 41.9. The van der Waals surface area contributed by atoms with Crippen LogP contribution in [0.2, 0.25) is 0 Å². The lowest BCUT2D eigenvalue weighted by Crippen LogP contribution is -2.52. The highest BCUT2D eigenvalue weighted by molar-refractivity contribution is 5.84. The van der Waals surface area contributed by atoms with E-state index in [0.717, 1.165) is 39.4 Å². The van der Waals surface area contributed by atoms with Gasteiger partial charge in [-0.1, -0.05) is 48.5 Å². The molecular formula is C47H50N8O6. The first-order chi connectivity index (χ1) is 29.6. The zero-order valence-electron chi connectivity index (χ0n) is 34.3. The van der Waals surface area contributed by atoms with Crippen molar-refractivity contribution in [2.75, 3.05) is 36.0 Å². The molecule has 4 aromatic carbocycles. The van der Waals surface area contributed by atoms with Crippen LogP contribution < -0.4 is 29.9 Å². The summed E-state index contributed by atoms with van der Waals surface area (Å²) >= 11 is 0. The number of nitrogens with zero attached hydrogens (tertiary/aromatic N) is 6. The molecule has 2 amide bonds. The number of benzene rings is 4. The van der Waals surface area contributed by atoms with Crippen LogP contribution in [0, 0.1) is 0 Å². The molecule has 0 spiro atoms. The van der Waals surface area contributed by atoms with Gasteiger partial charge in [0.2, 0.25) is 0 Å². The number of ether oxygens (including phenoxy) is 3. The Hall–Kier alpha value is -6.64. The Kier molecular flexibility index (Phi) is 11.2. The minimum atomic E-state index is -1.02. The van der Waals surface area contributed by atoms with E-state index in [-0.39, 0.29) is 30.5 Å². The maximum Gasteiger partial charge on any atom is 0.263 e. The summed E-state index contributed by atoms with van der Waals surface area (Å²) in [5.41, 5.74) is 5.86. The second-order valence-corrected chi connectivity index (χ2v) is 16.5. The number of aromatic nitrogens is 4. The topological polar surface area (TPSA) is 148 Å². The van der Waals surface area contributed by atoms with E-state index in [1.54, 1.807) is 20.0 Å². The van der Waals surface area contributed by atoms with Crippen LogP contribution >= 0.6 is 0 Å². The van der Waals surface area contributed by atoms with Crippen LogP contribution in [0.15, 0.2) is 128 Å². The van der Waals surface area contributed by atoms with Crippen molar-refractivity contribution in [3.63, 3.8) is 0 Å². The number of hydrogen-bond acceptors (Lipinski definition) is 10. The van der Waals surface area contributed by atoms with Gasteiger partial charge in [0.1, 0.15) is 11.5 Å². The van der Waals surface area contributed by atoms with E-state index in [1.165, 1.54) is 0 Å². The number of nitrogens with one attached hydrogen (secondary N) is 2. The summed E-state index contributed by atoms with van der Waals surface area (Å²) in [5, 5.41) is 25.2. The number of hydrogen-bond donors (Lipinski definition) is 3. The Balaban J connectivity index is 0.811. The van der Waals surface area contributed by atoms with Gasteiger partial charge >= 0.3 is 0 Å². The fraction of sp³-hybridized carbons (Fsp3) is 0.319. The molecule has 0 aliphatic carbocycles. The third-order valence-electron chi connectivity index (χ3n) is 11.3. The Morgan fingerprint density at radius 3 is 1.93 bits per heavy atom. The van der Waals surface area contributed by atoms with Gasteiger partial charge < -0.3 is 39.8 Å². The van der Waals surface area contributed by atoms with Crippen LogP contribution in [0.1, 0.15) is 49.5 Å². The zero-order valence-corrected chi connectivity index (χ0v) is 34.3.